The standard InChI is InChI=1S/C21H33N5O/c1-16-13-19(16)24-21(22-14-20(27)25(2)3)23-18-9-11-26(12-10-18)15-17-7-5-4-6-8-17/h4-8,16,18-19H,9-15H2,1-3H3,(H2,22,23,24). The van der Waals surface area contributed by atoms with Crippen LogP contribution in [0.2, 0.25) is 0 Å². The van der Waals surface area contributed by atoms with Gasteiger partial charge in [0.15, 0.2) is 5.96 Å². The fourth-order valence-electron chi connectivity index (χ4n) is 3.39. The van der Waals surface area contributed by atoms with Crippen LogP contribution in [-0.2, 0) is 11.3 Å². The first-order valence-corrected chi connectivity index (χ1v) is 10.0. The second kappa shape index (κ2) is 9.22. The van der Waals surface area contributed by atoms with Gasteiger partial charge < -0.3 is 15.5 Å². The average Bonchev–Trinajstić information content (AvgIpc) is 3.36. The molecule has 27 heavy (non-hydrogen) atoms. The zero-order valence-electron chi connectivity index (χ0n) is 16.8. The number of piperidine rings is 1. The Morgan fingerprint density at radius 2 is 1.85 bits per heavy atom. The zero-order valence-corrected chi connectivity index (χ0v) is 16.8. The highest BCUT2D eigenvalue weighted by atomic mass is 16.2. The molecule has 0 spiro atoms. The van der Waals surface area contributed by atoms with Crippen molar-refractivity contribution in [3.05, 3.63) is 35.9 Å². The first kappa shape index (κ1) is 19.7. The Labute approximate surface area is 163 Å². The first-order valence-electron chi connectivity index (χ1n) is 10.0. The van der Waals surface area contributed by atoms with Gasteiger partial charge in [0.2, 0.25) is 5.91 Å². The molecule has 2 atom stereocenters. The van der Waals surface area contributed by atoms with E-state index in [2.05, 4.69) is 57.8 Å². The Hall–Kier alpha value is -2.08. The van der Waals surface area contributed by atoms with Crippen LogP contribution in [0.3, 0.4) is 0 Å². The van der Waals surface area contributed by atoms with E-state index in [0.29, 0.717) is 18.0 Å². The number of hydrogen-bond acceptors (Lipinski definition) is 3. The van der Waals surface area contributed by atoms with Crippen molar-refractivity contribution in [2.75, 3.05) is 33.7 Å². The predicted octanol–water partition coefficient (Wildman–Crippen LogP) is 1.68. The van der Waals surface area contributed by atoms with E-state index < -0.39 is 0 Å². The predicted molar refractivity (Wildman–Crippen MR) is 110 cm³/mol. The van der Waals surface area contributed by atoms with E-state index in [9.17, 15) is 4.79 Å². The summed E-state index contributed by atoms with van der Waals surface area (Å²) >= 11 is 0. The van der Waals surface area contributed by atoms with Crippen molar-refractivity contribution in [1.82, 2.24) is 20.4 Å². The van der Waals surface area contributed by atoms with Crippen molar-refractivity contribution >= 4 is 11.9 Å². The molecule has 1 saturated carbocycles. The third kappa shape index (κ3) is 6.24. The lowest BCUT2D eigenvalue weighted by atomic mass is 10.0. The number of likely N-dealkylation sites (tertiary alicyclic amines) is 1. The maximum absolute atomic E-state index is 11.9. The van der Waals surface area contributed by atoms with Gasteiger partial charge in [0.25, 0.3) is 0 Å². The molecule has 1 saturated heterocycles. The highest BCUT2D eigenvalue weighted by Gasteiger charge is 2.33. The molecule has 6 heteroatoms. The highest BCUT2D eigenvalue weighted by molar-refractivity contribution is 5.85. The zero-order chi connectivity index (χ0) is 19.2. The van der Waals surface area contributed by atoms with Crippen molar-refractivity contribution in [2.45, 2.75) is 44.8 Å². The van der Waals surface area contributed by atoms with E-state index >= 15 is 0 Å². The van der Waals surface area contributed by atoms with Gasteiger partial charge in [-0.15, -0.1) is 0 Å². The summed E-state index contributed by atoms with van der Waals surface area (Å²) < 4.78 is 0. The largest absolute Gasteiger partial charge is 0.354 e. The number of aliphatic imine (C=N–C) groups is 1. The lowest BCUT2D eigenvalue weighted by Crippen LogP contribution is -2.49. The number of carbonyl (C=O) groups is 1. The Morgan fingerprint density at radius 1 is 1.19 bits per heavy atom. The smallest absolute Gasteiger partial charge is 0.243 e. The summed E-state index contributed by atoms with van der Waals surface area (Å²) in [6.45, 7) is 5.61. The molecule has 2 aliphatic rings. The molecule has 3 rings (SSSR count). The van der Waals surface area contributed by atoms with Crippen LogP contribution in [0.5, 0.6) is 0 Å². The number of benzene rings is 1. The first-order chi connectivity index (χ1) is 13.0. The van der Waals surface area contributed by atoms with Gasteiger partial charge in [-0.3, -0.25) is 9.69 Å². The van der Waals surface area contributed by atoms with E-state index in [1.54, 1.807) is 19.0 Å². The lowest BCUT2D eigenvalue weighted by Gasteiger charge is -2.33. The topological polar surface area (TPSA) is 60.0 Å². The number of likely N-dealkylation sites (N-methyl/N-ethyl adjacent to an activating group) is 1. The maximum atomic E-state index is 11.9. The van der Waals surface area contributed by atoms with Crippen molar-refractivity contribution in [3.63, 3.8) is 0 Å². The fourth-order valence-corrected chi connectivity index (χ4v) is 3.39. The molecule has 1 heterocycles. The number of nitrogens with zero attached hydrogens (tertiary/aromatic N) is 3. The van der Waals surface area contributed by atoms with Crippen molar-refractivity contribution in [3.8, 4) is 0 Å². The van der Waals surface area contributed by atoms with Crippen LogP contribution in [0.4, 0.5) is 0 Å². The molecule has 1 aliphatic heterocycles. The minimum Gasteiger partial charge on any atom is -0.354 e. The molecule has 1 aromatic rings. The fraction of sp³-hybridized carbons (Fsp3) is 0.619. The number of rotatable bonds is 6. The van der Waals surface area contributed by atoms with Crippen molar-refractivity contribution in [1.29, 1.82) is 0 Å². The Kier molecular flexibility index (Phi) is 6.72. The van der Waals surface area contributed by atoms with Crippen molar-refractivity contribution < 1.29 is 4.79 Å². The molecular weight excluding hydrogens is 338 g/mol. The van der Waals surface area contributed by atoms with Crippen LogP contribution in [-0.4, -0.2) is 67.5 Å². The summed E-state index contributed by atoms with van der Waals surface area (Å²) in [5.74, 6) is 1.51. The third-order valence-electron chi connectivity index (χ3n) is 5.48. The van der Waals surface area contributed by atoms with E-state index in [-0.39, 0.29) is 12.5 Å². The minimum atomic E-state index is 0.0256. The van der Waals surface area contributed by atoms with Gasteiger partial charge in [0.1, 0.15) is 6.54 Å². The average molecular weight is 372 g/mol. The van der Waals surface area contributed by atoms with Crippen LogP contribution in [0.15, 0.2) is 35.3 Å². The molecule has 0 aromatic heterocycles. The number of hydrogen-bond donors (Lipinski definition) is 2. The lowest BCUT2D eigenvalue weighted by molar-refractivity contribution is -0.127. The van der Waals surface area contributed by atoms with Crippen LogP contribution >= 0.6 is 0 Å². The van der Waals surface area contributed by atoms with Gasteiger partial charge in [-0.25, -0.2) is 4.99 Å². The normalized spacial score (nSPS) is 23.7. The molecular formula is C21H33N5O. The van der Waals surface area contributed by atoms with Gasteiger partial charge in [-0.2, -0.15) is 0 Å². The summed E-state index contributed by atoms with van der Waals surface area (Å²) in [7, 11) is 3.54. The van der Waals surface area contributed by atoms with Gasteiger partial charge in [-0.05, 0) is 30.7 Å². The second-order valence-electron chi connectivity index (χ2n) is 8.10. The van der Waals surface area contributed by atoms with E-state index in [4.69, 9.17) is 0 Å². The molecule has 2 N–H and O–H groups in total. The highest BCUT2D eigenvalue weighted by Crippen LogP contribution is 2.28. The molecule has 1 aromatic carbocycles. The van der Waals surface area contributed by atoms with Gasteiger partial charge >= 0.3 is 0 Å². The quantitative estimate of drug-likeness (QED) is 0.590. The number of carbonyl (C=O) groups excluding carboxylic acids is 1. The summed E-state index contributed by atoms with van der Waals surface area (Å²) in [5, 5.41) is 7.06. The van der Waals surface area contributed by atoms with E-state index in [1.807, 2.05) is 0 Å². The summed E-state index contributed by atoms with van der Waals surface area (Å²) in [6.07, 6.45) is 3.36. The summed E-state index contributed by atoms with van der Waals surface area (Å²) in [6, 6.07) is 11.6. The molecule has 1 amide bonds. The molecule has 2 unspecified atom stereocenters. The molecule has 0 radical (unpaired) electrons. The summed E-state index contributed by atoms with van der Waals surface area (Å²) in [4.78, 5) is 20.5. The van der Waals surface area contributed by atoms with E-state index in [0.717, 1.165) is 38.4 Å². The molecule has 6 nitrogen and oxygen atoms in total. The van der Waals surface area contributed by atoms with Crippen LogP contribution < -0.4 is 10.6 Å². The number of nitrogens with one attached hydrogen (secondary N) is 2. The van der Waals surface area contributed by atoms with Crippen molar-refractivity contribution in [2.24, 2.45) is 10.9 Å². The monoisotopic (exact) mass is 371 g/mol. The Morgan fingerprint density at radius 3 is 2.44 bits per heavy atom. The molecule has 148 valence electrons. The number of amides is 1. The van der Waals surface area contributed by atoms with Crippen LogP contribution in [0.25, 0.3) is 0 Å². The van der Waals surface area contributed by atoms with Crippen LogP contribution in [0.1, 0.15) is 31.7 Å². The van der Waals surface area contributed by atoms with Crippen LogP contribution in [0, 0.1) is 5.92 Å². The second-order valence-corrected chi connectivity index (χ2v) is 8.10. The van der Waals surface area contributed by atoms with Gasteiger partial charge in [-0.1, -0.05) is 37.3 Å². The Bertz CT molecular complexity index is 637. The minimum absolute atomic E-state index is 0.0256. The summed E-state index contributed by atoms with van der Waals surface area (Å²) in [5.41, 5.74) is 1.37. The van der Waals surface area contributed by atoms with Gasteiger partial charge in [0.05, 0.1) is 0 Å². The van der Waals surface area contributed by atoms with Gasteiger partial charge in [0, 0.05) is 45.8 Å². The number of guanidine groups is 1. The molecule has 1 aliphatic carbocycles. The molecule has 2 fully saturated rings. The maximum Gasteiger partial charge on any atom is 0.243 e. The van der Waals surface area contributed by atoms with E-state index in [1.165, 1.54) is 12.0 Å². The Balaban J connectivity index is 1.49. The SMILES string of the molecule is CC1CC1NC(=NCC(=O)N(C)C)NC1CCN(Cc2ccccc2)CC1. The molecule has 0 bridgehead atoms. The third-order valence-corrected chi connectivity index (χ3v) is 5.48.